The topological polar surface area (TPSA) is 29.5 Å². The van der Waals surface area contributed by atoms with Gasteiger partial charge in [0.25, 0.3) is 5.91 Å². The molecule has 2 aliphatic rings. The number of hydrogen-bond acceptors (Lipinski definition) is 4. The number of carbonyl (C=O) groups excluding carboxylic acids is 1. The first kappa shape index (κ1) is 18.0. The van der Waals surface area contributed by atoms with Crippen molar-refractivity contribution in [2.24, 2.45) is 0 Å². The molecule has 1 aromatic carbocycles. The van der Waals surface area contributed by atoms with Crippen LogP contribution in [0.25, 0.3) is 6.08 Å². The number of carbonyl (C=O) groups is 1. The SMILES string of the molecule is CCOc1ccc(Br)cc1/C=C1\SC(=S)N(C2CCCCC2)C1=O. The molecule has 24 heavy (non-hydrogen) atoms. The summed E-state index contributed by atoms with van der Waals surface area (Å²) in [5.41, 5.74) is 0.898. The van der Waals surface area contributed by atoms with Crippen molar-refractivity contribution in [3.05, 3.63) is 33.1 Å². The molecule has 0 N–H and O–H groups in total. The Labute approximate surface area is 160 Å². The van der Waals surface area contributed by atoms with E-state index in [9.17, 15) is 4.79 Å². The van der Waals surface area contributed by atoms with E-state index in [4.69, 9.17) is 17.0 Å². The van der Waals surface area contributed by atoms with Crippen LogP contribution in [-0.4, -0.2) is 27.8 Å². The van der Waals surface area contributed by atoms with Crippen LogP contribution in [0, 0.1) is 0 Å². The number of thioether (sulfide) groups is 1. The fourth-order valence-corrected chi connectivity index (χ4v) is 4.96. The van der Waals surface area contributed by atoms with Crippen LogP contribution in [0.3, 0.4) is 0 Å². The van der Waals surface area contributed by atoms with Gasteiger partial charge in [-0.2, -0.15) is 0 Å². The van der Waals surface area contributed by atoms with Gasteiger partial charge >= 0.3 is 0 Å². The van der Waals surface area contributed by atoms with Gasteiger partial charge < -0.3 is 4.74 Å². The van der Waals surface area contributed by atoms with Crippen LogP contribution in [0.5, 0.6) is 5.75 Å². The predicted molar refractivity (Wildman–Crippen MR) is 107 cm³/mol. The largest absolute Gasteiger partial charge is 0.493 e. The van der Waals surface area contributed by atoms with Gasteiger partial charge in [0.1, 0.15) is 10.1 Å². The van der Waals surface area contributed by atoms with Crippen molar-refractivity contribution in [3.63, 3.8) is 0 Å². The molecule has 1 heterocycles. The molecular weight excluding hydrogens is 406 g/mol. The minimum atomic E-state index is 0.0410. The van der Waals surface area contributed by atoms with Crippen LogP contribution in [0.2, 0.25) is 0 Å². The number of amides is 1. The maximum atomic E-state index is 12.9. The lowest BCUT2D eigenvalue weighted by Crippen LogP contribution is -2.39. The van der Waals surface area contributed by atoms with E-state index >= 15 is 0 Å². The average Bonchev–Trinajstić information content (AvgIpc) is 2.85. The molecule has 0 atom stereocenters. The van der Waals surface area contributed by atoms with Crippen molar-refractivity contribution in [2.45, 2.75) is 45.1 Å². The monoisotopic (exact) mass is 425 g/mol. The predicted octanol–water partition coefficient (Wildman–Crippen LogP) is 5.38. The van der Waals surface area contributed by atoms with E-state index in [1.807, 2.05) is 36.1 Å². The number of ether oxygens (including phenoxy) is 1. The number of thiocarbonyl (C=S) groups is 1. The van der Waals surface area contributed by atoms with Crippen molar-refractivity contribution in [1.29, 1.82) is 0 Å². The van der Waals surface area contributed by atoms with Gasteiger partial charge in [0, 0.05) is 16.1 Å². The van der Waals surface area contributed by atoms with E-state index in [-0.39, 0.29) is 11.9 Å². The molecule has 1 aliphatic heterocycles. The lowest BCUT2D eigenvalue weighted by atomic mass is 9.94. The molecule has 0 spiro atoms. The molecule has 0 bridgehead atoms. The highest BCUT2D eigenvalue weighted by atomic mass is 79.9. The Balaban J connectivity index is 1.87. The van der Waals surface area contributed by atoms with E-state index in [2.05, 4.69) is 15.9 Å². The zero-order chi connectivity index (χ0) is 17.1. The molecular formula is C18H20BrNO2S2. The Kier molecular flexibility index (Phi) is 6.00. The molecule has 1 saturated carbocycles. The summed E-state index contributed by atoms with van der Waals surface area (Å²) in [4.78, 5) is 15.4. The first-order valence-corrected chi connectivity index (χ1v) is 10.3. The Morgan fingerprint density at radius 3 is 2.83 bits per heavy atom. The third-order valence-electron chi connectivity index (χ3n) is 4.32. The lowest BCUT2D eigenvalue weighted by Gasteiger charge is -2.29. The van der Waals surface area contributed by atoms with Crippen LogP contribution in [0.1, 0.15) is 44.6 Å². The van der Waals surface area contributed by atoms with Gasteiger partial charge in [-0.15, -0.1) is 0 Å². The van der Waals surface area contributed by atoms with E-state index in [1.165, 1.54) is 31.0 Å². The summed E-state index contributed by atoms with van der Waals surface area (Å²) >= 11 is 10.4. The van der Waals surface area contributed by atoms with Crippen LogP contribution in [-0.2, 0) is 4.79 Å². The van der Waals surface area contributed by atoms with Crippen LogP contribution in [0.15, 0.2) is 27.6 Å². The number of hydrogen-bond donors (Lipinski definition) is 0. The average molecular weight is 426 g/mol. The third kappa shape index (κ3) is 3.86. The maximum Gasteiger partial charge on any atom is 0.266 e. The van der Waals surface area contributed by atoms with Crippen LogP contribution >= 0.6 is 39.9 Å². The Morgan fingerprint density at radius 1 is 1.38 bits per heavy atom. The molecule has 2 fully saturated rings. The zero-order valence-electron chi connectivity index (χ0n) is 13.6. The summed E-state index contributed by atoms with van der Waals surface area (Å²) in [5.74, 6) is 0.822. The molecule has 3 rings (SSSR count). The summed E-state index contributed by atoms with van der Waals surface area (Å²) in [7, 11) is 0. The van der Waals surface area contributed by atoms with Crippen molar-refractivity contribution in [3.8, 4) is 5.75 Å². The molecule has 0 aromatic heterocycles. The summed E-state index contributed by atoms with van der Waals surface area (Å²) in [6, 6.07) is 6.10. The minimum absolute atomic E-state index is 0.0410. The summed E-state index contributed by atoms with van der Waals surface area (Å²) in [6.07, 6.45) is 7.64. The third-order valence-corrected chi connectivity index (χ3v) is 6.15. The van der Waals surface area contributed by atoms with Crippen molar-refractivity contribution < 1.29 is 9.53 Å². The first-order chi connectivity index (χ1) is 11.6. The highest BCUT2D eigenvalue weighted by molar-refractivity contribution is 9.10. The highest BCUT2D eigenvalue weighted by Gasteiger charge is 2.37. The van der Waals surface area contributed by atoms with Gasteiger partial charge in [-0.3, -0.25) is 9.69 Å². The molecule has 128 valence electrons. The van der Waals surface area contributed by atoms with Gasteiger partial charge in [0.2, 0.25) is 0 Å². The van der Waals surface area contributed by atoms with Crippen molar-refractivity contribution in [2.75, 3.05) is 6.61 Å². The Morgan fingerprint density at radius 2 is 2.12 bits per heavy atom. The second kappa shape index (κ2) is 8.02. The summed E-state index contributed by atoms with van der Waals surface area (Å²) in [6.45, 7) is 2.54. The van der Waals surface area contributed by atoms with Gasteiger partial charge in [0.05, 0.1) is 11.5 Å². The van der Waals surface area contributed by atoms with Gasteiger partial charge in [-0.05, 0) is 44.0 Å². The normalized spacial score (nSPS) is 20.9. The van der Waals surface area contributed by atoms with Crippen molar-refractivity contribution in [1.82, 2.24) is 4.90 Å². The summed E-state index contributed by atoms with van der Waals surface area (Å²) in [5, 5.41) is 0. The van der Waals surface area contributed by atoms with Gasteiger partial charge in [-0.25, -0.2) is 0 Å². The fraction of sp³-hybridized carbons (Fsp3) is 0.444. The second-order valence-corrected chi connectivity index (χ2v) is 8.55. The molecule has 6 heteroatoms. The van der Waals surface area contributed by atoms with Crippen molar-refractivity contribution >= 4 is 56.2 Å². The molecule has 0 radical (unpaired) electrons. The highest BCUT2D eigenvalue weighted by Crippen LogP contribution is 2.38. The fourth-order valence-electron chi connectivity index (χ4n) is 3.19. The maximum absolute atomic E-state index is 12.9. The first-order valence-electron chi connectivity index (χ1n) is 8.29. The summed E-state index contributed by atoms with van der Waals surface area (Å²) < 4.78 is 7.32. The number of rotatable bonds is 4. The molecule has 0 unspecified atom stereocenters. The molecule has 1 aromatic rings. The molecule has 1 saturated heterocycles. The number of nitrogens with zero attached hydrogens (tertiary/aromatic N) is 1. The zero-order valence-corrected chi connectivity index (χ0v) is 16.8. The van der Waals surface area contributed by atoms with E-state index < -0.39 is 0 Å². The van der Waals surface area contributed by atoms with E-state index in [1.54, 1.807) is 0 Å². The van der Waals surface area contributed by atoms with Crippen LogP contribution in [0.4, 0.5) is 0 Å². The molecule has 1 amide bonds. The van der Waals surface area contributed by atoms with E-state index in [0.717, 1.165) is 28.6 Å². The quantitative estimate of drug-likeness (QED) is 0.478. The Hall–Kier alpha value is -0.850. The minimum Gasteiger partial charge on any atom is -0.493 e. The smallest absolute Gasteiger partial charge is 0.266 e. The standard InChI is InChI=1S/C18H20BrNO2S2/c1-2-22-15-9-8-13(19)10-12(15)11-16-17(21)20(18(23)24-16)14-6-4-3-5-7-14/h8-11,14H,2-7H2,1H3/b16-11-. The molecule has 1 aliphatic carbocycles. The Bertz CT molecular complexity index is 684. The van der Waals surface area contributed by atoms with Gasteiger partial charge in [-0.1, -0.05) is 59.2 Å². The molecule has 3 nitrogen and oxygen atoms in total. The number of halogens is 1. The lowest BCUT2D eigenvalue weighted by molar-refractivity contribution is -0.124. The second-order valence-electron chi connectivity index (χ2n) is 5.96. The number of benzene rings is 1. The van der Waals surface area contributed by atoms with Crippen LogP contribution < -0.4 is 4.74 Å². The van der Waals surface area contributed by atoms with E-state index in [0.29, 0.717) is 15.8 Å². The van der Waals surface area contributed by atoms with Gasteiger partial charge in [0.15, 0.2) is 0 Å².